The number of hydrogen-bond acceptors (Lipinski definition) is 3. The second-order valence-electron chi connectivity index (χ2n) is 6.26. The van der Waals surface area contributed by atoms with Crippen LogP contribution in [-0.2, 0) is 9.53 Å². The molecule has 6 nitrogen and oxygen atoms in total. The normalized spacial score (nSPS) is 30.6. The molecule has 1 aliphatic carbocycles. The van der Waals surface area contributed by atoms with E-state index < -0.39 is 5.97 Å². The summed E-state index contributed by atoms with van der Waals surface area (Å²) in [5, 5.41) is 15.0. The quantitative estimate of drug-likeness (QED) is 0.719. The Morgan fingerprint density at radius 1 is 1.29 bits per heavy atom. The summed E-state index contributed by atoms with van der Waals surface area (Å²) in [5.41, 5.74) is 0. The third kappa shape index (κ3) is 4.59. The Morgan fingerprint density at radius 2 is 2.05 bits per heavy atom. The van der Waals surface area contributed by atoms with Gasteiger partial charge in [0.25, 0.3) is 0 Å². The zero-order valence-electron chi connectivity index (χ0n) is 12.6. The zero-order valence-corrected chi connectivity index (χ0v) is 12.6. The van der Waals surface area contributed by atoms with Crippen molar-refractivity contribution in [3.8, 4) is 0 Å². The molecular formula is C15H26N2O4. The van der Waals surface area contributed by atoms with Gasteiger partial charge in [0.05, 0.1) is 12.5 Å². The van der Waals surface area contributed by atoms with Gasteiger partial charge in [0.2, 0.25) is 0 Å². The van der Waals surface area contributed by atoms with Gasteiger partial charge in [-0.25, -0.2) is 4.79 Å². The number of carbonyl (C=O) groups excluding carboxylic acids is 1. The fourth-order valence-electron chi connectivity index (χ4n) is 3.32. The van der Waals surface area contributed by atoms with E-state index in [-0.39, 0.29) is 23.9 Å². The molecule has 3 N–H and O–H groups in total. The number of aliphatic carboxylic acids is 1. The lowest BCUT2D eigenvalue weighted by molar-refractivity contribution is -0.144. The lowest BCUT2D eigenvalue weighted by atomic mass is 9.79. The summed E-state index contributed by atoms with van der Waals surface area (Å²) in [4.78, 5) is 23.1. The van der Waals surface area contributed by atoms with Crippen LogP contribution in [0.3, 0.4) is 0 Å². The minimum Gasteiger partial charge on any atom is -0.481 e. The van der Waals surface area contributed by atoms with Crippen LogP contribution in [0.4, 0.5) is 4.79 Å². The number of hydrogen-bond donors (Lipinski definition) is 3. The van der Waals surface area contributed by atoms with Gasteiger partial charge in [-0.2, -0.15) is 0 Å². The van der Waals surface area contributed by atoms with Gasteiger partial charge in [0.15, 0.2) is 0 Å². The first-order chi connectivity index (χ1) is 10.1. The fraction of sp³-hybridized carbons (Fsp3) is 0.867. The molecule has 0 spiro atoms. The predicted molar refractivity (Wildman–Crippen MR) is 78.0 cm³/mol. The Hall–Kier alpha value is -1.30. The van der Waals surface area contributed by atoms with Crippen molar-refractivity contribution in [1.82, 2.24) is 10.6 Å². The van der Waals surface area contributed by atoms with Gasteiger partial charge in [0.1, 0.15) is 0 Å². The number of amides is 2. The van der Waals surface area contributed by atoms with Crippen LogP contribution in [0.5, 0.6) is 0 Å². The highest BCUT2D eigenvalue weighted by Gasteiger charge is 2.31. The second-order valence-corrected chi connectivity index (χ2v) is 6.26. The van der Waals surface area contributed by atoms with Crippen molar-refractivity contribution in [2.75, 3.05) is 19.8 Å². The van der Waals surface area contributed by atoms with Gasteiger partial charge in [-0.1, -0.05) is 12.8 Å². The monoisotopic (exact) mass is 298 g/mol. The van der Waals surface area contributed by atoms with Crippen LogP contribution < -0.4 is 10.6 Å². The third-order valence-electron chi connectivity index (χ3n) is 4.78. The molecule has 0 aromatic carbocycles. The van der Waals surface area contributed by atoms with Gasteiger partial charge in [-0.15, -0.1) is 0 Å². The average molecular weight is 298 g/mol. The summed E-state index contributed by atoms with van der Waals surface area (Å²) in [6, 6.07) is -0.127. The summed E-state index contributed by atoms with van der Waals surface area (Å²) in [6.45, 7) is 3.89. The smallest absolute Gasteiger partial charge is 0.315 e. The molecule has 2 fully saturated rings. The molecular weight excluding hydrogens is 272 g/mol. The first kappa shape index (κ1) is 16.1. The molecule has 4 unspecified atom stereocenters. The number of ether oxygens (including phenoxy) is 1. The second kappa shape index (κ2) is 7.64. The predicted octanol–water partition coefficient (Wildman–Crippen LogP) is 1.60. The standard InChI is InChI=1S/C15H26N2O4/c1-10(12-6-7-21-9-12)17-15(20)16-8-11-4-2-3-5-13(11)14(18)19/h10-13H,2-9H2,1H3,(H,18,19)(H2,16,17,20). The summed E-state index contributed by atoms with van der Waals surface area (Å²) in [5.74, 6) is -0.637. The Bertz CT molecular complexity index is 369. The van der Waals surface area contributed by atoms with E-state index in [9.17, 15) is 14.7 Å². The van der Waals surface area contributed by atoms with Crippen LogP contribution >= 0.6 is 0 Å². The van der Waals surface area contributed by atoms with Gasteiger partial charge >= 0.3 is 12.0 Å². The van der Waals surface area contributed by atoms with E-state index in [0.29, 0.717) is 19.1 Å². The van der Waals surface area contributed by atoms with Crippen molar-refractivity contribution in [3.05, 3.63) is 0 Å². The largest absolute Gasteiger partial charge is 0.481 e. The molecule has 0 aromatic heterocycles. The number of rotatable bonds is 5. The van der Waals surface area contributed by atoms with E-state index in [1.165, 1.54) is 0 Å². The molecule has 2 rings (SSSR count). The lowest BCUT2D eigenvalue weighted by Crippen LogP contribution is -2.46. The van der Waals surface area contributed by atoms with Crippen molar-refractivity contribution < 1.29 is 19.4 Å². The molecule has 0 aromatic rings. The number of carboxylic acid groups (broad SMARTS) is 1. The van der Waals surface area contributed by atoms with E-state index in [0.717, 1.165) is 38.7 Å². The van der Waals surface area contributed by atoms with Crippen LogP contribution in [0.2, 0.25) is 0 Å². The van der Waals surface area contributed by atoms with Crippen molar-refractivity contribution >= 4 is 12.0 Å². The van der Waals surface area contributed by atoms with Crippen LogP contribution in [-0.4, -0.2) is 42.9 Å². The summed E-state index contributed by atoms with van der Waals surface area (Å²) >= 11 is 0. The number of urea groups is 1. The maximum atomic E-state index is 11.9. The summed E-state index contributed by atoms with van der Waals surface area (Å²) in [6.07, 6.45) is 4.60. The summed E-state index contributed by atoms with van der Waals surface area (Å²) in [7, 11) is 0. The third-order valence-corrected chi connectivity index (χ3v) is 4.78. The van der Waals surface area contributed by atoms with Crippen LogP contribution in [0.1, 0.15) is 39.0 Å². The first-order valence-corrected chi connectivity index (χ1v) is 7.93. The molecule has 4 atom stereocenters. The van der Waals surface area contributed by atoms with E-state index in [2.05, 4.69) is 10.6 Å². The Morgan fingerprint density at radius 3 is 2.71 bits per heavy atom. The molecule has 1 heterocycles. The average Bonchev–Trinajstić information content (AvgIpc) is 2.99. The molecule has 2 aliphatic rings. The van der Waals surface area contributed by atoms with Crippen LogP contribution in [0, 0.1) is 17.8 Å². The molecule has 1 saturated heterocycles. The Labute approximate surface area is 125 Å². The van der Waals surface area contributed by atoms with Gasteiger partial charge < -0.3 is 20.5 Å². The topological polar surface area (TPSA) is 87.7 Å². The van der Waals surface area contributed by atoms with Gasteiger partial charge in [-0.3, -0.25) is 4.79 Å². The highest BCUT2D eigenvalue weighted by Crippen LogP contribution is 2.29. The minimum absolute atomic E-state index is 0.0483. The first-order valence-electron chi connectivity index (χ1n) is 7.93. The molecule has 0 radical (unpaired) electrons. The molecule has 120 valence electrons. The van der Waals surface area contributed by atoms with Crippen molar-refractivity contribution in [2.45, 2.75) is 45.1 Å². The maximum absolute atomic E-state index is 11.9. The van der Waals surface area contributed by atoms with E-state index in [1.54, 1.807) is 0 Å². The maximum Gasteiger partial charge on any atom is 0.315 e. The van der Waals surface area contributed by atoms with Crippen LogP contribution in [0.15, 0.2) is 0 Å². The SMILES string of the molecule is CC(NC(=O)NCC1CCCCC1C(=O)O)C1CCOC1. The Balaban J connectivity index is 1.73. The molecule has 2 amide bonds. The van der Waals surface area contributed by atoms with Crippen molar-refractivity contribution in [3.63, 3.8) is 0 Å². The molecule has 0 bridgehead atoms. The number of carbonyl (C=O) groups is 2. The molecule has 1 saturated carbocycles. The van der Waals surface area contributed by atoms with E-state index in [4.69, 9.17) is 4.74 Å². The zero-order chi connectivity index (χ0) is 15.2. The van der Waals surface area contributed by atoms with Gasteiger partial charge in [-0.05, 0) is 32.1 Å². The van der Waals surface area contributed by atoms with Crippen LogP contribution in [0.25, 0.3) is 0 Å². The van der Waals surface area contributed by atoms with Crippen molar-refractivity contribution in [2.24, 2.45) is 17.8 Å². The number of carboxylic acids is 1. The minimum atomic E-state index is -0.738. The molecule has 21 heavy (non-hydrogen) atoms. The van der Waals surface area contributed by atoms with Crippen molar-refractivity contribution in [1.29, 1.82) is 0 Å². The van der Waals surface area contributed by atoms with E-state index in [1.807, 2.05) is 6.92 Å². The van der Waals surface area contributed by atoms with E-state index >= 15 is 0 Å². The highest BCUT2D eigenvalue weighted by molar-refractivity contribution is 5.74. The molecule has 6 heteroatoms. The Kier molecular flexibility index (Phi) is 5.85. The number of nitrogens with one attached hydrogen (secondary N) is 2. The highest BCUT2D eigenvalue weighted by atomic mass is 16.5. The van der Waals surface area contributed by atoms with Gasteiger partial charge in [0, 0.05) is 25.1 Å². The lowest BCUT2D eigenvalue weighted by Gasteiger charge is -2.29. The molecule has 1 aliphatic heterocycles. The fourth-order valence-corrected chi connectivity index (χ4v) is 3.32. The summed E-state index contributed by atoms with van der Waals surface area (Å²) < 4.78 is 5.32.